The molecule has 0 amide bonds. The highest BCUT2D eigenvalue weighted by molar-refractivity contribution is 6.35. The first-order chi connectivity index (χ1) is 15.4. The molecule has 32 heavy (non-hydrogen) atoms. The van der Waals surface area contributed by atoms with Gasteiger partial charge in [0.05, 0.1) is 29.0 Å². The molecule has 5 heterocycles. The lowest BCUT2D eigenvalue weighted by Crippen LogP contribution is -2.51. The van der Waals surface area contributed by atoms with Crippen LogP contribution in [0.25, 0.3) is 16.8 Å². The van der Waals surface area contributed by atoms with Gasteiger partial charge in [0.25, 0.3) is 0 Å². The van der Waals surface area contributed by atoms with Crippen molar-refractivity contribution < 1.29 is 9.84 Å². The number of nitrogen functional groups attached to an aromatic ring is 1. The first kappa shape index (κ1) is 21.3. The van der Waals surface area contributed by atoms with Crippen LogP contribution >= 0.6 is 11.6 Å². The Balaban J connectivity index is 1.58. The number of ether oxygens (including phenoxy) is 1. The minimum absolute atomic E-state index is 0.000888. The van der Waals surface area contributed by atoms with Crippen molar-refractivity contribution >= 4 is 29.0 Å². The van der Waals surface area contributed by atoms with Crippen LogP contribution in [0.1, 0.15) is 31.3 Å². The topological polar surface area (TPSA) is 141 Å². The van der Waals surface area contributed by atoms with E-state index in [0.29, 0.717) is 40.2 Å². The van der Waals surface area contributed by atoms with E-state index in [1.54, 1.807) is 16.7 Å². The van der Waals surface area contributed by atoms with Crippen LogP contribution in [0.5, 0.6) is 0 Å². The third-order valence-corrected chi connectivity index (χ3v) is 7.40. The van der Waals surface area contributed by atoms with Gasteiger partial charge in [0.15, 0.2) is 11.5 Å². The van der Waals surface area contributed by atoms with Crippen LogP contribution in [0.15, 0.2) is 12.3 Å². The van der Waals surface area contributed by atoms with Gasteiger partial charge in [-0.1, -0.05) is 11.6 Å². The van der Waals surface area contributed by atoms with Crippen LogP contribution in [0.2, 0.25) is 5.02 Å². The van der Waals surface area contributed by atoms with Crippen molar-refractivity contribution in [2.45, 2.75) is 45.4 Å². The molecule has 0 aliphatic carbocycles. The van der Waals surface area contributed by atoms with Gasteiger partial charge in [0.1, 0.15) is 12.4 Å². The van der Waals surface area contributed by atoms with Crippen LogP contribution < -0.4 is 16.4 Å². The Morgan fingerprint density at radius 1 is 1.31 bits per heavy atom. The zero-order chi connectivity index (χ0) is 22.6. The van der Waals surface area contributed by atoms with E-state index >= 15 is 0 Å². The Kier molecular flexibility index (Phi) is 5.20. The quantitative estimate of drug-likeness (QED) is 0.533. The summed E-state index contributed by atoms with van der Waals surface area (Å²) >= 11 is 6.47. The number of fused-ring (bicyclic) bond motifs is 1. The van der Waals surface area contributed by atoms with Gasteiger partial charge in [0, 0.05) is 36.3 Å². The molecule has 0 aromatic carbocycles. The number of aryl methyl sites for hydroxylation is 1. The summed E-state index contributed by atoms with van der Waals surface area (Å²) in [6, 6.07) is 1.81. The molecular weight excluding hydrogens is 432 g/mol. The van der Waals surface area contributed by atoms with Crippen molar-refractivity contribution in [1.29, 1.82) is 0 Å². The third kappa shape index (κ3) is 3.13. The lowest BCUT2D eigenvalue weighted by atomic mass is 9.73. The number of nitrogens with two attached hydrogens (primary N) is 2. The molecule has 0 radical (unpaired) electrons. The van der Waals surface area contributed by atoms with Crippen molar-refractivity contribution in [3.05, 3.63) is 28.8 Å². The second-order valence-corrected chi connectivity index (χ2v) is 9.13. The molecule has 10 nitrogen and oxygen atoms in total. The third-order valence-electron chi connectivity index (χ3n) is 7.00. The van der Waals surface area contributed by atoms with Gasteiger partial charge in [-0.05, 0) is 32.8 Å². The molecule has 11 heteroatoms. The van der Waals surface area contributed by atoms with Crippen molar-refractivity contribution in [3.8, 4) is 11.1 Å². The molecule has 0 saturated carbocycles. The van der Waals surface area contributed by atoms with Crippen molar-refractivity contribution in [3.63, 3.8) is 0 Å². The van der Waals surface area contributed by atoms with Crippen LogP contribution in [0.3, 0.4) is 0 Å². The number of anilines is 2. The van der Waals surface area contributed by atoms with Gasteiger partial charge in [-0.25, -0.2) is 14.4 Å². The normalized spacial score (nSPS) is 22.8. The standard InChI is InChI=1S/C21H27ClN8O2/c1-11-15(13-3-6-25-18(24)16(13)22)19-28-27-14(9-31)30(19)20(26-11)29-7-4-21(5-8-29)10-32-12(2)17(21)23/h3,6,12,17,31H,4-5,7-10,23H2,1-2H3,(H2,24,25)/t12-,17+/m0/s1. The smallest absolute Gasteiger partial charge is 0.213 e. The summed E-state index contributed by atoms with van der Waals surface area (Å²) in [5, 5.41) is 18.9. The van der Waals surface area contributed by atoms with Crippen molar-refractivity contribution in [2.24, 2.45) is 11.1 Å². The van der Waals surface area contributed by atoms with Crippen LogP contribution in [0.4, 0.5) is 11.8 Å². The highest BCUT2D eigenvalue weighted by atomic mass is 35.5. The molecule has 170 valence electrons. The monoisotopic (exact) mass is 458 g/mol. The first-order valence-electron chi connectivity index (χ1n) is 10.7. The second kappa shape index (κ2) is 7.80. The highest BCUT2D eigenvalue weighted by Crippen LogP contribution is 2.42. The van der Waals surface area contributed by atoms with E-state index in [2.05, 4.69) is 20.1 Å². The summed E-state index contributed by atoms with van der Waals surface area (Å²) in [4.78, 5) is 11.2. The summed E-state index contributed by atoms with van der Waals surface area (Å²) in [5.41, 5.74) is 15.1. The van der Waals surface area contributed by atoms with Gasteiger partial charge < -0.3 is 26.2 Å². The van der Waals surface area contributed by atoms with Gasteiger partial charge in [0.2, 0.25) is 5.95 Å². The molecule has 1 spiro atoms. The largest absolute Gasteiger partial charge is 0.388 e. The van der Waals surface area contributed by atoms with E-state index in [1.165, 1.54) is 0 Å². The zero-order valence-corrected chi connectivity index (χ0v) is 18.9. The van der Waals surface area contributed by atoms with Crippen LogP contribution in [-0.2, 0) is 11.3 Å². The zero-order valence-electron chi connectivity index (χ0n) is 18.1. The minimum atomic E-state index is -0.265. The molecule has 2 aliphatic heterocycles. The van der Waals surface area contributed by atoms with E-state index in [1.807, 2.05) is 13.8 Å². The average Bonchev–Trinajstić information content (AvgIpc) is 3.33. The molecule has 5 N–H and O–H groups in total. The van der Waals surface area contributed by atoms with E-state index in [4.69, 9.17) is 32.8 Å². The van der Waals surface area contributed by atoms with E-state index in [-0.39, 0.29) is 30.0 Å². The lowest BCUT2D eigenvalue weighted by molar-refractivity contribution is 0.0973. The molecule has 3 aromatic rings. The number of rotatable bonds is 3. The first-order valence-corrected chi connectivity index (χ1v) is 11.1. The highest BCUT2D eigenvalue weighted by Gasteiger charge is 2.48. The fourth-order valence-electron chi connectivity index (χ4n) is 5.01. The fourth-order valence-corrected chi connectivity index (χ4v) is 5.22. The molecule has 2 aliphatic rings. The fraction of sp³-hybridized carbons (Fsp3) is 0.524. The second-order valence-electron chi connectivity index (χ2n) is 8.75. The molecule has 0 unspecified atom stereocenters. The molecule has 2 fully saturated rings. The summed E-state index contributed by atoms with van der Waals surface area (Å²) in [6.07, 6.45) is 3.49. The Bertz CT molecular complexity index is 1170. The number of aliphatic hydroxyl groups excluding tert-OH is 1. The SMILES string of the molecule is Cc1nc(N2CCC3(CC2)CO[C@@H](C)[C@H]3N)n2c(CO)nnc2c1-c1ccnc(N)c1Cl. The maximum absolute atomic E-state index is 9.95. The Hall–Kier alpha value is -2.53. The number of pyridine rings is 1. The Morgan fingerprint density at radius 2 is 2.06 bits per heavy atom. The predicted octanol–water partition coefficient (Wildman–Crippen LogP) is 1.56. The van der Waals surface area contributed by atoms with Gasteiger partial charge in [-0.2, -0.15) is 0 Å². The summed E-state index contributed by atoms with van der Waals surface area (Å²) in [5.74, 6) is 1.35. The minimum Gasteiger partial charge on any atom is -0.388 e. The summed E-state index contributed by atoms with van der Waals surface area (Å²) in [6.45, 7) is 5.93. The molecular formula is C21H27ClN8O2. The Morgan fingerprint density at radius 3 is 2.72 bits per heavy atom. The average molecular weight is 459 g/mol. The number of piperidine rings is 1. The van der Waals surface area contributed by atoms with Crippen molar-refractivity contribution in [1.82, 2.24) is 24.6 Å². The van der Waals surface area contributed by atoms with Crippen LogP contribution in [0, 0.1) is 12.3 Å². The number of nitrogens with zero attached hydrogens (tertiary/aromatic N) is 6. The van der Waals surface area contributed by atoms with Crippen molar-refractivity contribution in [2.75, 3.05) is 30.3 Å². The maximum atomic E-state index is 9.95. The number of halogens is 1. The van der Waals surface area contributed by atoms with E-state index in [0.717, 1.165) is 31.6 Å². The Labute approximate surface area is 190 Å². The predicted molar refractivity (Wildman–Crippen MR) is 121 cm³/mol. The molecule has 2 saturated heterocycles. The molecule has 0 bridgehead atoms. The van der Waals surface area contributed by atoms with Crippen LogP contribution in [-0.4, -0.2) is 61.5 Å². The van der Waals surface area contributed by atoms with Gasteiger partial charge in [-0.3, -0.25) is 0 Å². The lowest BCUT2D eigenvalue weighted by Gasteiger charge is -2.41. The summed E-state index contributed by atoms with van der Waals surface area (Å²) < 4.78 is 7.66. The van der Waals surface area contributed by atoms with Gasteiger partial charge in [-0.15, -0.1) is 10.2 Å². The molecule has 3 aromatic heterocycles. The maximum Gasteiger partial charge on any atom is 0.213 e. The molecule has 2 atom stereocenters. The van der Waals surface area contributed by atoms with E-state index in [9.17, 15) is 5.11 Å². The molecule has 5 rings (SSSR count). The summed E-state index contributed by atoms with van der Waals surface area (Å²) in [7, 11) is 0. The van der Waals surface area contributed by atoms with E-state index < -0.39 is 0 Å². The number of hydrogen-bond acceptors (Lipinski definition) is 9. The number of aliphatic hydroxyl groups is 1. The van der Waals surface area contributed by atoms with Gasteiger partial charge >= 0.3 is 0 Å². The number of aromatic nitrogens is 5. The number of hydrogen-bond donors (Lipinski definition) is 3.